The van der Waals surface area contributed by atoms with Crippen LogP contribution in [0.1, 0.15) is 23.7 Å². The number of carboxylic acid groups (broad SMARTS) is 1. The van der Waals surface area contributed by atoms with E-state index in [1.807, 2.05) is 6.07 Å². The Balaban J connectivity index is 2.20. The van der Waals surface area contributed by atoms with E-state index in [9.17, 15) is 4.79 Å². The van der Waals surface area contributed by atoms with Crippen molar-refractivity contribution in [1.29, 1.82) is 5.26 Å². The number of nitrogens with zero attached hydrogens (tertiary/aromatic N) is 5. The van der Waals surface area contributed by atoms with Crippen LogP contribution in [0.2, 0.25) is 0 Å². The molecule has 0 aromatic carbocycles. The first-order chi connectivity index (χ1) is 8.60. The summed E-state index contributed by atoms with van der Waals surface area (Å²) in [5.74, 6) is 0.339. The van der Waals surface area contributed by atoms with Crippen LogP contribution in [0, 0.1) is 11.3 Å². The van der Waals surface area contributed by atoms with E-state index in [1.54, 1.807) is 6.92 Å². The zero-order valence-electron chi connectivity index (χ0n) is 9.23. The molecule has 0 aliphatic rings. The number of carbonyl (C=O) groups is 1. The Kier molecular flexibility index (Phi) is 3.20. The maximum absolute atomic E-state index is 10.5. The van der Waals surface area contributed by atoms with Crippen molar-refractivity contribution in [2.75, 3.05) is 0 Å². The lowest BCUT2D eigenvalue weighted by Gasteiger charge is -2.05. The summed E-state index contributed by atoms with van der Waals surface area (Å²) >= 11 is 1.18. The van der Waals surface area contributed by atoms with Crippen molar-refractivity contribution in [3.8, 4) is 11.2 Å². The third-order valence-electron chi connectivity index (χ3n) is 2.04. The molecule has 2 heterocycles. The van der Waals surface area contributed by atoms with Gasteiger partial charge in [-0.05, 0) is 6.92 Å². The summed E-state index contributed by atoms with van der Waals surface area (Å²) in [5, 5.41) is 24.1. The Hall–Kier alpha value is -2.47. The lowest BCUT2D eigenvalue weighted by molar-refractivity contribution is 0.190. The van der Waals surface area contributed by atoms with Gasteiger partial charge in [0.1, 0.15) is 17.3 Å². The number of rotatable bonds is 3. The minimum Gasteiger partial charge on any atom is -0.465 e. The Morgan fingerprint density at radius 1 is 1.67 bits per heavy atom. The average molecular weight is 264 g/mol. The standard InChI is InChI=1S/C9H8N6O2S/c1-5(13-9(16)17)7-12-4-15(14-7)8-11-3-6(2-10)18-8/h3-5,13H,1H3,(H,16,17)/t5-/m0/s1. The van der Waals surface area contributed by atoms with Gasteiger partial charge in [-0.3, -0.25) is 0 Å². The fraction of sp³-hybridized carbons (Fsp3) is 0.222. The zero-order valence-corrected chi connectivity index (χ0v) is 10.0. The molecule has 0 spiro atoms. The molecule has 2 rings (SSSR count). The largest absolute Gasteiger partial charge is 0.465 e. The molecule has 1 atom stereocenters. The molecule has 0 saturated heterocycles. The molecule has 0 bridgehead atoms. The molecule has 1 amide bonds. The van der Waals surface area contributed by atoms with Gasteiger partial charge in [0.05, 0.1) is 12.2 Å². The second-order valence-corrected chi connectivity index (χ2v) is 4.35. The number of amides is 1. The summed E-state index contributed by atoms with van der Waals surface area (Å²) in [4.78, 5) is 19.0. The van der Waals surface area contributed by atoms with Gasteiger partial charge in [-0.2, -0.15) is 9.94 Å². The molecule has 2 aromatic heterocycles. The molecular weight excluding hydrogens is 256 g/mol. The van der Waals surface area contributed by atoms with Gasteiger partial charge in [0, 0.05) is 0 Å². The van der Waals surface area contributed by atoms with Crippen molar-refractivity contribution in [3.63, 3.8) is 0 Å². The van der Waals surface area contributed by atoms with E-state index in [1.165, 1.54) is 28.5 Å². The predicted molar refractivity (Wildman–Crippen MR) is 61.3 cm³/mol. The molecule has 2 N–H and O–H groups in total. The molecule has 0 aliphatic carbocycles. The monoisotopic (exact) mass is 264 g/mol. The van der Waals surface area contributed by atoms with E-state index in [0.29, 0.717) is 15.8 Å². The number of nitrogens with one attached hydrogen (secondary N) is 1. The van der Waals surface area contributed by atoms with E-state index < -0.39 is 12.1 Å². The molecule has 8 nitrogen and oxygen atoms in total. The van der Waals surface area contributed by atoms with Crippen LogP contribution in [0.5, 0.6) is 0 Å². The Morgan fingerprint density at radius 2 is 2.44 bits per heavy atom. The molecular formula is C9H8N6O2S. The number of hydrogen-bond acceptors (Lipinski definition) is 6. The number of thiazole rings is 1. The average Bonchev–Trinajstić information content (AvgIpc) is 2.96. The van der Waals surface area contributed by atoms with E-state index in [4.69, 9.17) is 10.4 Å². The third kappa shape index (κ3) is 2.44. The topological polar surface area (TPSA) is 117 Å². The SMILES string of the molecule is C[C@H](NC(=O)O)c1ncn(-c2ncc(C#N)s2)n1. The van der Waals surface area contributed by atoms with E-state index in [0.717, 1.165) is 0 Å². The highest BCUT2D eigenvalue weighted by Gasteiger charge is 2.14. The molecule has 92 valence electrons. The first-order valence-corrected chi connectivity index (χ1v) is 5.69. The zero-order chi connectivity index (χ0) is 13.1. The van der Waals surface area contributed by atoms with Crippen LogP contribution in [0.4, 0.5) is 4.79 Å². The first-order valence-electron chi connectivity index (χ1n) is 4.87. The van der Waals surface area contributed by atoms with E-state index in [2.05, 4.69) is 20.4 Å². The highest BCUT2D eigenvalue weighted by atomic mass is 32.1. The van der Waals surface area contributed by atoms with Crippen molar-refractivity contribution in [2.45, 2.75) is 13.0 Å². The van der Waals surface area contributed by atoms with Crippen molar-refractivity contribution >= 4 is 17.4 Å². The number of aromatic nitrogens is 4. The maximum atomic E-state index is 10.5. The van der Waals surface area contributed by atoms with Crippen LogP contribution in [0.25, 0.3) is 5.13 Å². The first kappa shape index (κ1) is 12.0. The van der Waals surface area contributed by atoms with Crippen molar-refractivity contribution in [2.24, 2.45) is 0 Å². The van der Waals surface area contributed by atoms with Crippen molar-refractivity contribution in [3.05, 3.63) is 23.2 Å². The van der Waals surface area contributed by atoms with Crippen LogP contribution in [-0.2, 0) is 0 Å². The Labute approximate surface area is 106 Å². The third-order valence-corrected chi connectivity index (χ3v) is 2.93. The minimum absolute atomic E-state index is 0.339. The minimum atomic E-state index is -1.14. The molecule has 9 heteroatoms. The number of nitriles is 1. The fourth-order valence-electron chi connectivity index (χ4n) is 1.24. The molecule has 0 unspecified atom stereocenters. The van der Waals surface area contributed by atoms with Gasteiger partial charge in [0.25, 0.3) is 0 Å². The van der Waals surface area contributed by atoms with Gasteiger partial charge in [-0.1, -0.05) is 11.3 Å². The number of hydrogen-bond donors (Lipinski definition) is 2. The fourth-order valence-corrected chi connectivity index (χ4v) is 1.87. The summed E-state index contributed by atoms with van der Waals surface area (Å²) in [6.45, 7) is 1.64. The van der Waals surface area contributed by atoms with Crippen molar-refractivity contribution < 1.29 is 9.90 Å². The second-order valence-electron chi connectivity index (χ2n) is 3.34. The quantitative estimate of drug-likeness (QED) is 0.851. The molecule has 2 aromatic rings. The summed E-state index contributed by atoms with van der Waals surface area (Å²) in [7, 11) is 0. The smallest absolute Gasteiger partial charge is 0.405 e. The van der Waals surface area contributed by atoms with E-state index in [-0.39, 0.29) is 0 Å². The molecule has 0 radical (unpaired) electrons. The Morgan fingerprint density at radius 3 is 3.06 bits per heavy atom. The van der Waals surface area contributed by atoms with Gasteiger partial charge in [-0.25, -0.2) is 14.8 Å². The molecule has 18 heavy (non-hydrogen) atoms. The summed E-state index contributed by atoms with van der Waals surface area (Å²) in [6, 6.07) is 1.46. The van der Waals surface area contributed by atoms with Crippen LogP contribution >= 0.6 is 11.3 Å². The lowest BCUT2D eigenvalue weighted by atomic mass is 10.3. The van der Waals surface area contributed by atoms with E-state index >= 15 is 0 Å². The van der Waals surface area contributed by atoms with Gasteiger partial charge in [0.2, 0.25) is 5.13 Å². The predicted octanol–water partition coefficient (Wildman–Crippen LogP) is 0.924. The second kappa shape index (κ2) is 4.80. The van der Waals surface area contributed by atoms with Gasteiger partial charge < -0.3 is 10.4 Å². The normalized spacial score (nSPS) is 11.8. The van der Waals surface area contributed by atoms with Crippen LogP contribution < -0.4 is 5.32 Å². The van der Waals surface area contributed by atoms with Gasteiger partial charge >= 0.3 is 6.09 Å². The van der Waals surface area contributed by atoms with Crippen LogP contribution in [0.3, 0.4) is 0 Å². The highest BCUT2D eigenvalue weighted by Crippen LogP contribution is 2.16. The molecule has 0 saturated carbocycles. The molecule has 0 fully saturated rings. The van der Waals surface area contributed by atoms with Crippen molar-refractivity contribution in [1.82, 2.24) is 25.1 Å². The summed E-state index contributed by atoms with van der Waals surface area (Å²) in [6.07, 6.45) is 1.73. The van der Waals surface area contributed by atoms with Crippen LogP contribution in [-0.4, -0.2) is 30.9 Å². The Bertz CT molecular complexity index is 613. The maximum Gasteiger partial charge on any atom is 0.405 e. The summed E-state index contributed by atoms with van der Waals surface area (Å²) < 4.78 is 1.40. The molecule has 0 aliphatic heterocycles. The summed E-state index contributed by atoms with van der Waals surface area (Å²) in [5.41, 5.74) is 0. The highest BCUT2D eigenvalue weighted by molar-refractivity contribution is 7.14. The van der Waals surface area contributed by atoms with Crippen LogP contribution in [0.15, 0.2) is 12.5 Å². The van der Waals surface area contributed by atoms with Gasteiger partial charge in [-0.15, -0.1) is 5.10 Å². The van der Waals surface area contributed by atoms with Gasteiger partial charge in [0.15, 0.2) is 5.82 Å². The lowest BCUT2D eigenvalue weighted by Crippen LogP contribution is -2.25.